The van der Waals surface area contributed by atoms with E-state index in [1.54, 1.807) is 0 Å². The fourth-order valence-electron chi connectivity index (χ4n) is 2.33. The molecule has 25 heavy (non-hydrogen) atoms. The van der Waals surface area contributed by atoms with Gasteiger partial charge in [-0.25, -0.2) is 4.79 Å². The Kier molecular flexibility index (Phi) is 15.8. The van der Waals surface area contributed by atoms with Crippen molar-refractivity contribution in [1.82, 2.24) is 0 Å². The van der Waals surface area contributed by atoms with Gasteiger partial charge in [-0.2, -0.15) is 0 Å². The molecule has 1 N–H and O–H groups in total. The molecule has 2 unspecified atom stereocenters. The minimum atomic E-state index is -2.34. The van der Waals surface area contributed by atoms with Crippen LogP contribution < -0.4 is 34.7 Å². The zero-order chi connectivity index (χ0) is 18.6. The van der Waals surface area contributed by atoms with Gasteiger partial charge in [-0.15, -0.1) is 0 Å². The molecule has 0 fully saturated rings. The summed E-state index contributed by atoms with van der Waals surface area (Å²) >= 11 is 0. The van der Waals surface area contributed by atoms with Crippen molar-refractivity contribution in [2.75, 3.05) is 0 Å². The van der Waals surface area contributed by atoms with Crippen LogP contribution in [0.3, 0.4) is 0 Å². The first-order valence-corrected chi connectivity index (χ1v) is 8.91. The van der Waals surface area contributed by atoms with E-state index in [-0.39, 0.29) is 36.0 Å². The van der Waals surface area contributed by atoms with E-state index in [4.69, 9.17) is 5.11 Å². The fraction of sp³-hybridized carbons (Fsp3) is 0.833. The number of hydrogen-bond acceptors (Lipinski definition) is 6. The van der Waals surface area contributed by atoms with E-state index in [1.165, 1.54) is 32.1 Å². The molecule has 7 heteroatoms. The monoisotopic (exact) mass is 366 g/mol. The number of carboxylic acid groups (broad SMARTS) is 1. The molecular weight excluding hydrogens is 335 g/mol. The molecule has 0 radical (unpaired) electrons. The number of aliphatic carboxylic acids is 1. The van der Waals surface area contributed by atoms with Crippen LogP contribution in [0.15, 0.2) is 0 Å². The van der Waals surface area contributed by atoms with Crippen LogP contribution >= 0.6 is 0 Å². The summed E-state index contributed by atoms with van der Waals surface area (Å²) in [6.07, 6.45) is 8.13. The maximum Gasteiger partial charge on any atom is 1.00 e. The van der Waals surface area contributed by atoms with Crippen LogP contribution in [-0.4, -0.2) is 34.5 Å². The molecule has 0 amide bonds. The van der Waals surface area contributed by atoms with E-state index >= 15 is 0 Å². The number of carboxylic acids is 1. The number of aliphatic hydroxyl groups excluding tert-OH is 1. The molecule has 0 rings (SSSR count). The largest absolute Gasteiger partial charge is 1.00 e. The Morgan fingerprint density at radius 2 is 1.44 bits per heavy atom. The van der Waals surface area contributed by atoms with Gasteiger partial charge >= 0.3 is 35.5 Å². The Balaban J connectivity index is 0. The predicted octanol–water partition coefficient (Wildman–Crippen LogP) is -1.09. The molecule has 0 spiro atoms. The number of rotatable bonds is 14. The van der Waals surface area contributed by atoms with Gasteiger partial charge in [0.25, 0.3) is 0 Å². The number of aliphatic hydroxyl groups is 1. The number of ether oxygens (including phenoxy) is 1. The second-order valence-corrected chi connectivity index (χ2v) is 6.42. The molecule has 0 bridgehead atoms. The zero-order valence-electron chi connectivity index (χ0n) is 16.1. The smallest absolute Gasteiger partial charge is 0.545 e. The molecule has 0 aromatic heterocycles. The van der Waals surface area contributed by atoms with Crippen molar-refractivity contribution in [3.8, 4) is 0 Å². The average molecular weight is 366 g/mol. The summed E-state index contributed by atoms with van der Waals surface area (Å²) in [6.45, 7) is 4.32. The van der Waals surface area contributed by atoms with Gasteiger partial charge in [-0.1, -0.05) is 58.3 Å². The maximum atomic E-state index is 12.1. The van der Waals surface area contributed by atoms with Crippen LogP contribution in [0.4, 0.5) is 0 Å². The molecule has 0 aliphatic carbocycles. The predicted molar refractivity (Wildman–Crippen MR) is 88.0 cm³/mol. The van der Waals surface area contributed by atoms with Crippen molar-refractivity contribution in [2.45, 2.75) is 96.7 Å². The first kappa shape index (κ1) is 26.8. The van der Waals surface area contributed by atoms with Crippen LogP contribution in [0.2, 0.25) is 0 Å². The number of esters is 1. The van der Waals surface area contributed by atoms with Gasteiger partial charge < -0.3 is 19.7 Å². The molecule has 6 nitrogen and oxygen atoms in total. The van der Waals surface area contributed by atoms with E-state index in [2.05, 4.69) is 11.7 Å². The minimum absolute atomic E-state index is 0. The van der Waals surface area contributed by atoms with E-state index in [0.717, 1.165) is 33.1 Å². The Labute approximate surface area is 173 Å². The molecule has 0 aliphatic heterocycles. The van der Waals surface area contributed by atoms with Crippen LogP contribution in [0, 0.1) is 0 Å². The zero-order valence-corrected chi connectivity index (χ0v) is 18.1. The number of carbonyl (C=O) groups is 3. The third-order valence-electron chi connectivity index (χ3n) is 4.07. The molecule has 0 aromatic rings. The summed E-state index contributed by atoms with van der Waals surface area (Å²) in [5.74, 6) is -3.63. The van der Waals surface area contributed by atoms with Gasteiger partial charge in [0, 0.05) is 6.42 Å². The summed E-state index contributed by atoms with van der Waals surface area (Å²) in [7, 11) is 0. The van der Waals surface area contributed by atoms with Crippen molar-refractivity contribution < 1.29 is 58.9 Å². The minimum Gasteiger partial charge on any atom is -0.545 e. The Morgan fingerprint density at radius 3 is 1.84 bits per heavy atom. The quantitative estimate of drug-likeness (QED) is 0.181. The van der Waals surface area contributed by atoms with Crippen molar-refractivity contribution in [1.29, 1.82) is 0 Å². The summed E-state index contributed by atoms with van der Waals surface area (Å²) in [4.78, 5) is 34.7. The van der Waals surface area contributed by atoms with Gasteiger partial charge in [0.05, 0.1) is 5.97 Å². The van der Waals surface area contributed by atoms with Crippen molar-refractivity contribution in [2.24, 2.45) is 0 Å². The molecule has 0 heterocycles. The van der Waals surface area contributed by atoms with Crippen LogP contribution in [0.1, 0.15) is 85.0 Å². The number of carbonyl (C=O) groups excluding carboxylic acids is 3. The molecule has 0 saturated heterocycles. The number of ketones is 1. The number of Topliss-reactive ketones (excluding diaryl/α,β-unsaturated/α-hetero) is 1. The van der Waals surface area contributed by atoms with Crippen LogP contribution in [-0.2, 0) is 19.1 Å². The maximum absolute atomic E-state index is 12.1. The van der Waals surface area contributed by atoms with Gasteiger partial charge in [0.15, 0.2) is 5.78 Å². The number of unbranched alkanes of at least 4 members (excludes halogenated alkanes) is 8. The Bertz CT molecular complexity index is 410. The third kappa shape index (κ3) is 11.0. The Morgan fingerprint density at radius 1 is 1.00 bits per heavy atom. The first-order valence-electron chi connectivity index (χ1n) is 8.91. The standard InChI is InChI=1S/C18H32O6.Na/c1-4-5-6-7-8-9-10-11-12-13-15(20)18(3,17(22)23)24-16(21)14(2)19;/h14,19H,4-13H2,1-3H3,(H,22,23);/q;+1/p-1. The molecular formula is C18H31NaO6. The summed E-state index contributed by atoms with van der Waals surface area (Å²) in [6, 6.07) is 0. The second kappa shape index (κ2) is 14.7. The molecule has 2 atom stereocenters. The van der Waals surface area contributed by atoms with Crippen molar-refractivity contribution >= 4 is 17.7 Å². The van der Waals surface area contributed by atoms with Gasteiger partial charge in [-0.05, 0) is 20.3 Å². The molecule has 0 aromatic carbocycles. The summed E-state index contributed by atoms with van der Waals surface area (Å²) < 4.78 is 4.66. The topological polar surface area (TPSA) is 104 Å². The van der Waals surface area contributed by atoms with Crippen LogP contribution in [0.25, 0.3) is 0 Å². The second-order valence-electron chi connectivity index (χ2n) is 6.42. The Hall–Kier alpha value is -0.430. The van der Waals surface area contributed by atoms with Crippen molar-refractivity contribution in [3.63, 3.8) is 0 Å². The fourth-order valence-corrected chi connectivity index (χ4v) is 2.33. The van der Waals surface area contributed by atoms with E-state index < -0.39 is 29.4 Å². The van der Waals surface area contributed by atoms with Gasteiger partial charge in [-0.3, -0.25) is 4.79 Å². The summed E-state index contributed by atoms with van der Waals surface area (Å²) in [5.41, 5.74) is -2.34. The van der Waals surface area contributed by atoms with Crippen molar-refractivity contribution in [3.05, 3.63) is 0 Å². The van der Waals surface area contributed by atoms with Gasteiger partial charge in [0.2, 0.25) is 5.60 Å². The van der Waals surface area contributed by atoms with E-state index in [1.807, 2.05) is 0 Å². The normalized spacial score (nSPS) is 14.1. The number of hydrogen-bond donors (Lipinski definition) is 1. The van der Waals surface area contributed by atoms with E-state index in [0.29, 0.717) is 6.42 Å². The van der Waals surface area contributed by atoms with Crippen LogP contribution in [0.5, 0.6) is 0 Å². The molecule has 0 saturated carbocycles. The average Bonchev–Trinajstić information content (AvgIpc) is 2.52. The summed E-state index contributed by atoms with van der Waals surface area (Å²) in [5, 5.41) is 20.3. The molecule has 140 valence electrons. The first-order chi connectivity index (χ1) is 11.3. The third-order valence-corrected chi connectivity index (χ3v) is 4.07. The van der Waals surface area contributed by atoms with Gasteiger partial charge in [0.1, 0.15) is 6.10 Å². The van der Waals surface area contributed by atoms with E-state index in [9.17, 15) is 19.5 Å². The SMILES string of the molecule is CCCCCCCCCCCC(=O)C(C)(OC(=O)C(C)O)C(=O)[O-].[Na+]. The molecule has 0 aliphatic rings.